The van der Waals surface area contributed by atoms with Crippen LogP contribution in [0, 0.1) is 0 Å². The van der Waals surface area contributed by atoms with Crippen molar-refractivity contribution in [1.29, 1.82) is 0 Å². The molecule has 1 fully saturated rings. The number of alkyl halides is 3. The lowest BCUT2D eigenvalue weighted by atomic mass is 10.0. The summed E-state index contributed by atoms with van der Waals surface area (Å²) in [5, 5.41) is 9.97. The van der Waals surface area contributed by atoms with E-state index in [1.807, 2.05) is 30.3 Å². The summed E-state index contributed by atoms with van der Waals surface area (Å²) >= 11 is 0. The van der Waals surface area contributed by atoms with Crippen LogP contribution in [0.25, 0.3) is 0 Å². The van der Waals surface area contributed by atoms with E-state index in [4.69, 9.17) is 4.74 Å². The zero-order chi connectivity index (χ0) is 17.7. The van der Waals surface area contributed by atoms with Crippen LogP contribution in [0.15, 0.2) is 42.5 Å². The van der Waals surface area contributed by atoms with E-state index < -0.39 is 11.9 Å². The van der Waals surface area contributed by atoms with E-state index in [0.29, 0.717) is 25.6 Å². The summed E-state index contributed by atoms with van der Waals surface area (Å²) in [7, 11) is 0. The van der Waals surface area contributed by atoms with Crippen molar-refractivity contribution in [1.82, 2.24) is 15.1 Å². The standard InChI is InChI=1S/C17H19F3N4O/c18-17(19,20)15-6-7-16(23-22-15)21-12-14(13-4-2-1-3-5-13)24-8-10-25-11-9-24/h1-7,14H,8-12H2,(H,21,23). The monoisotopic (exact) mass is 352 g/mol. The van der Waals surface area contributed by atoms with Gasteiger partial charge in [0.2, 0.25) is 0 Å². The summed E-state index contributed by atoms with van der Waals surface area (Å²) in [6.07, 6.45) is -4.48. The quantitative estimate of drug-likeness (QED) is 0.897. The summed E-state index contributed by atoms with van der Waals surface area (Å²) in [6.45, 7) is 3.47. The fourth-order valence-electron chi connectivity index (χ4n) is 2.80. The van der Waals surface area contributed by atoms with Crippen molar-refractivity contribution >= 4 is 5.82 Å². The molecule has 2 heterocycles. The molecule has 0 radical (unpaired) electrons. The zero-order valence-corrected chi connectivity index (χ0v) is 13.5. The number of nitrogens with zero attached hydrogens (tertiary/aromatic N) is 3. The summed E-state index contributed by atoms with van der Waals surface area (Å²) in [6, 6.07) is 12.3. The Kier molecular flexibility index (Phi) is 5.50. The van der Waals surface area contributed by atoms with Gasteiger partial charge in [-0.15, -0.1) is 10.2 Å². The Labute approximate surface area is 143 Å². The van der Waals surface area contributed by atoms with E-state index in [0.717, 1.165) is 24.7 Å². The van der Waals surface area contributed by atoms with Gasteiger partial charge in [-0.2, -0.15) is 13.2 Å². The predicted octanol–water partition coefficient (Wildman–Crippen LogP) is 2.98. The van der Waals surface area contributed by atoms with Crippen molar-refractivity contribution in [3.63, 3.8) is 0 Å². The Hall–Kier alpha value is -2.19. The molecule has 0 aliphatic carbocycles. The molecule has 8 heteroatoms. The molecule has 0 saturated carbocycles. The first kappa shape index (κ1) is 17.6. The van der Waals surface area contributed by atoms with Gasteiger partial charge in [-0.05, 0) is 17.7 Å². The summed E-state index contributed by atoms with van der Waals surface area (Å²) in [5.74, 6) is 0.321. The van der Waals surface area contributed by atoms with Crippen LogP contribution >= 0.6 is 0 Å². The molecule has 0 amide bonds. The molecule has 1 aliphatic rings. The molecule has 1 aromatic heterocycles. The fourth-order valence-corrected chi connectivity index (χ4v) is 2.80. The molecule has 1 aliphatic heterocycles. The maximum Gasteiger partial charge on any atom is 0.435 e. The second kappa shape index (κ2) is 7.79. The first-order valence-corrected chi connectivity index (χ1v) is 8.05. The average molecular weight is 352 g/mol. The highest BCUT2D eigenvalue weighted by molar-refractivity contribution is 5.34. The Morgan fingerprint density at radius 2 is 1.76 bits per heavy atom. The van der Waals surface area contributed by atoms with Crippen LogP contribution in [0.1, 0.15) is 17.3 Å². The summed E-state index contributed by atoms with van der Waals surface area (Å²) in [4.78, 5) is 2.29. The molecule has 1 unspecified atom stereocenters. The largest absolute Gasteiger partial charge is 0.435 e. The minimum Gasteiger partial charge on any atom is -0.379 e. The molecule has 25 heavy (non-hydrogen) atoms. The Bertz CT molecular complexity index is 658. The smallest absolute Gasteiger partial charge is 0.379 e. The lowest BCUT2D eigenvalue weighted by Crippen LogP contribution is -2.41. The highest BCUT2D eigenvalue weighted by Crippen LogP contribution is 2.27. The van der Waals surface area contributed by atoms with Gasteiger partial charge in [-0.3, -0.25) is 4.90 Å². The van der Waals surface area contributed by atoms with Gasteiger partial charge >= 0.3 is 6.18 Å². The molecule has 0 spiro atoms. The van der Waals surface area contributed by atoms with Crippen LogP contribution < -0.4 is 5.32 Å². The van der Waals surface area contributed by atoms with Gasteiger partial charge in [-0.1, -0.05) is 30.3 Å². The number of benzene rings is 1. The number of ether oxygens (including phenoxy) is 1. The first-order chi connectivity index (χ1) is 12.0. The van der Waals surface area contributed by atoms with Crippen LogP contribution in [-0.2, 0) is 10.9 Å². The minimum atomic E-state index is -4.48. The van der Waals surface area contributed by atoms with Crippen LogP contribution in [0.2, 0.25) is 0 Å². The maximum atomic E-state index is 12.6. The topological polar surface area (TPSA) is 50.3 Å². The van der Waals surface area contributed by atoms with Gasteiger partial charge < -0.3 is 10.1 Å². The number of nitrogens with one attached hydrogen (secondary N) is 1. The first-order valence-electron chi connectivity index (χ1n) is 8.05. The normalized spacial score (nSPS) is 17.2. The van der Waals surface area contributed by atoms with Crippen molar-refractivity contribution in [2.45, 2.75) is 12.2 Å². The fraction of sp³-hybridized carbons (Fsp3) is 0.412. The highest BCUT2D eigenvalue weighted by atomic mass is 19.4. The Morgan fingerprint density at radius 3 is 2.36 bits per heavy atom. The van der Waals surface area contributed by atoms with Gasteiger partial charge in [0.05, 0.1) is 19.3 Å². The number of halogens is 3. The second-order valence-corrected chi connectivity index (χ2v) is 5.76. The number of hydrogen-bond acceptors (Lipinski definition) is 5. The van der Waals surface area contributed by atoms with Crippen molar-refractivity contribution in [3.8, 4) is 0 Å². The van der Waals surface area contributed by atoms with Crippen molar-refractivity contribution < 1.29 is 17.9 Å². The SMILES string of the molecule is FC(F)(F)c1ccc(NCC(c2ccccc2)N2CCOCC2)nn1. The number of anilines is 1. The van der Waals surface area contributed by atoms with Gasteiger partial charge in [0.1, 0.15) is 5.82 Å². The number of hydrogen-bond donors (Lipinski definition) is 1. The van der Waals surface area contributed by atoms with E-state index in [-0.39, 0.29) is 6.04 Å². The molecular formula is C17H19F3N4O. The number of aromatic nitrogens is 2. The van der Waals surface area contributed by atoms with Crippen LogP contribution in [0.5, 0.6) is 0 Å². The van der Waals surface area contributed by atoms with Crippen molar-refractivity contribution in [2.24, 2.45) is 0 Å². The molecule has 2 aromatic rings. The van der Waals surface area contributed by atoms with Gasteiger partial charge in [0.15, 0.2) is 5.69 Å². The zero-order valence-electron chi connectivity index (χ0n) is 13.5. The Morgan fingerprint density at radius 1 is 1.04 bits per heavy atom. The molecule has 0 bridgehead atoms. The third kappa shape index (κ3) is 4.67. The van der Waals surface area contributed by atoms with E-state index in [1.54, 1.807) is 0 Å². The third-order valence-corrected chi connectivity index (χ3v) is 4.10. The summed E-state index contributed by atoms with van der Waals surface area (Å²) in [5.41, 5.74) is 0.141. The Balaban J connectivity index is 1.70. The molecule has 1 N–H and O–H groups in total. The van der Waals surface area contributed by atoms with Crippen molar-refractivity contribution in [3.05, 3.63) is 53.7 Å². The van der Waals surface area contributed by atoms with Crippen LogP contribution in [0.3, 0.4) is 0 Å². The van der Waals surface area contributed by atoms with E-state index >= 15 is 0 Å². The van der Waals surface area contributed by atoms with Gasteiger partial charge in [0, 0.05) is 19.6 Å². The summed E-state index contributed by atoms with van der Waals surface area (Å²) < 4.78 is 43.1. The lowest BCUT2D eigenvalue weighted by molar-refractivity contribution is -0.141. The van der Waals surface area contributed by atoms with E-state index in [2.05, 4.69) is 20.4 Å². The molecule has 1 atom stereocenters. The van der Waals surface area contributed by atoms with E-state index in [1.165, 1.54) is 6.07 Å². The lowest BCUT2D eigenvalue weighted by Gasteiger charge is -2.35. The second-order valence-electron chi connectivity index (χ2n) is 5.76. The maximum absolute atomic E-state index is 12.6. The van der Waals surface area contributed by atoms with Crippen molar-refractivity contribution in [2.75, 3.05) is 38.2 Å². The molecule has 3 rings (SSSR count). The minimum absolute atomic E-state index is 0.0780. The van der Waals surface area contributed by atoms with Gasteiger partial charge in [0.25, 0.3) is 0 Å². The molecule has 134 valence electrons. The number of rotatable bonds is 5. The predicted molar refractivity (Wildman–Crippen MR) is 87.1 cm³/mol. The van der Waals surface area contributed by atoms with E-state index in [9.17, 15) is 13.2 Å². The molecule has 5 nitrogen and oxygen atoms in total. The van der Waals surface area contributed by atoms with Gasteiger partial charge in [-0.25, -0.2) is 0 Å². The molecule has 1 aromatic carbocycles. The highest BCUT2D eigenvalue weighted by Gasteiger charge is 2.33. The average Bonchev–Trinajstić information content (AvgIpc) is 2.63. The number of morpholine rings is 1. The van der Waals surface area contributed by atoms with Crippen LogP contribution in [0.4, 0.5) is 19.0 Å². The molecular weight excluding hydrogens is 333 g/mol. The van der Waals surface area contributed by atoms with Crippen LogP contribution in [-0.4, -0.2) is 47.9 Å². The third-order valence-electron chi connectivity index (χ3n) is 4.10. The molecule has 1 saturated heterocycles.